The first kappa shape index (κ1) is 18.0. The Hall–Kier alpha value is -2.82. The Balaban J connectivity index is 1.63. The number of carbonyl (C=O) groups excluding carboxylic acids is 2. The topological polar surface area (TPSA) is 58.6 Å². The maximum atomic E-state index is 12.5. The van der Waals surface area contributed by atoms with Crippen LogP contribution >= 0.6 is 0 Å². The quantitative estimate of drug-likeness (QED) is 0.857. The summed E-state index contributed by atoms with van der Waals surface area (Å²) in [4.78, 5) is 26.1. The average molecular weight is 352 g/mol. The van der Waals surface area contributed by atoms with Crippen molar-refractivity contribution in [3.63, 3.8) is 0 Å². The van der Waals surface area contributed by atoms with E-state index in [-0.39, 0.29) is 11.8 Å². The molecule has 1 heterocycles. The van der Waals surface area contributed by atoms with Crippen LogP contribution in [-0.2, 0) is 9.59 Å². The summed E-state index contributed by atoms with van der Waals surface area (Å²) in [5, 5.41) is 2.89. The highest BCUT2D eigenvalue weighted by Crippen LogP contribution is 2.23. The van der Waals surface area contributed by atoms with Gasteiger partial charge in [-0.1, -0.05) is 19.1 Å². The van der Waals surface area contributed by atoms with E-state index in [4.69, 9.17) is 4.74 Å². The lowest BCUT2D eigenvalue weighted by atomic mass is 10.2. The maximum absolute atomic E-state index is 12.5. The molecule has 1 N–H and O–H groups in total. The van der Waals surface area contributed by atoms with E-state index in [0.717, 1.165) is 24.2 Å². The van der Waals surface area contributed by atoms with Gasteiger partial charge in [0.2, 0.25) is 5.91 Å². The van der Waals surface area contributed by atoms with Crippen LogP contribution in [0.3, 0.4) is 0 Å². The standard InChI is InChI=1S/C21H24N2O3/c1-3-19(26-18-7-4-6-15(2)14-18)21(25)22-16-9-11-17(12-10-16)23-13-5-8-20(23)24/h4,6-7,9-12,14,19H,3,5,8,13H2,1-2H3,(H,22,25). The van der Waals surface area contributed by atoms with Crippen LogP contribution in [0, 0.1) is 6.92 Å². The molecule has 0 aromatic heterocycles. The van der Waals surface area contributed by atoms with Crippen LogP contribution in [0.25, 0.3) is 0 Å². The normalized spacial score (nSPS) is 15.0. The van der Waals surface area contributed by atoms with E-state index in [9.17, 15) is 9.59 Å². The number of hydrogen-bond donors (Lipinski definition) is 1. The fourth-order valence-electron chi connectivity index (χ4n) is 3.04. The molecule has 0 saturated carbocycles. The molecule has 2 aromatic carbocycles. The van der Waals surface area contributed by atoms with Crippen molar-refractivity contribution < 1.29 is 14.3 Å². The molecule has 26 heavy (non-hydrogen) atoms. The Kier molecular flexibility index (Phi) is 5.56. The predicted octanol–water partition coefficient (Wildman–Crippen LogP) is 3.92. The number of ether oxygens (including phenoxy) is 1. The highest BCUT2D eigenvalue weighted by atomic mass is 16.5. The number of carbonyl (C=O) groups is 2. The van der Waals surface area contributed by atoms with Gasteiger partial charge in [0.25, 0.3) is 5.91 Å². The van der Waals surface area contributed by atoms with Gasteiger partial charge in [0.1, 0.15) is 5.75 Å². The molecule has 0 spiro atoms. The van der Waals surface area contributed by atoms with Crippen molar-refractivity contribution in [1.82, 2.24) is 0 Å². The Bertz CT molecular complexity index is 786. The number of nitrogens with zero attached hydrogens (tertiary/aromatic N) is 1. The molecule has 0 aliphatic carbocycles. The number of anilines is 2. The summed E-state index contributed by atoms with van der Waals surface area (Å²) in [6.07, 6.45) is 1.51. The van der Waals surface area contributed by atoms with E-state index >= 15 is 0 Å². The van der Waals surface area contributed by atoms with Gasteiger partial charge in [-0.25, -0.2) is 0 Å². The zero-order valence-electron chi connectivity index (χ0n) is 15.2. The largest absolute Gasteiger partial charge is 0.481 e. The van der Waals surface area contributed by atoms with Gasteiger partial charge in [-0.15, -0.1) is 0 Å². The van der Waals surface area contributed by atoms with Gasteiger partial charge in [0.05, 0.1) is 0 Å². The molecule has 1 atom stereocenters. The molecule has 0 bridgehead atoms. The van der Waals surface area contributed by atoms with Crippen LogP contribution in [-0.4, -0.2) is 24.5 Å². The summed E-state index contributed by atoms with van der Waals surface area (Å²) in [5.41, 5.74) is 2.65. The zero-order valence-corrected chi connectivity index (χ0v) is 15.2. The second-order valence-electron chi connectivity index (χ2n) is 6.52. The van der Waals surface area contributed by atoms with Crippen molar-refractivity contribution in [3.05, 3.63) is 54.1 Å². The van der Waals surface area contributed by atoms with Crippen molar-refractivity contribution in [3.8, 4) is 5.75 Å². The lowest BCUT2D eigenvalue weighted by molar-refractivity contribution is -0.122. The van der Waals surface area contributed by atoms with Crippen LogP contribution in [0.4, 0.5) is 11.4 Å². The molecule has 1 aliphatic rings. The molecule has 2 amide bonds. The van der Waals surface area contributed by atoms with E-state index in [2.05, 4.69) is 5.32 Å². The minimum atomic E-state index is -0.559. The second-order valence-corrected chi connectivity index (χ2v) is 6.52. The Labute approximate surface area is 154 Å². The smallest absolute Gasteiger partial charge is 0.265 e. The molecule has 3 rings (SSSR count). The van der Waals surface area contributed by atoms with Crippen LogP contribution in [0.15, 0.2) is 48.5 Å². The third-order valence-electron chi connectivity index (χ3n) is 4.45. The summed E-state index contributed by atoms with van der Waals surface area (Å²) in [6.45, 7) is 4.66. The number of rotatable bonds is 6. The Morgan fingerprint density at radius 1 is 1.23 bits per heavy atom. The first-order chi connectivity index (χ1) is 12.6. The predicted molar refractivity (Wildman–Crippen MR) is 103 cm³/mol. The van der Waals surface area contributed by atoms with Crippen LogP contribution in [0.5, 0.6) is 5.75 Å². The maximum Gasteiger partial charge on any atom is 0.265 e. The third-order valence-corrected chi connectivity index (χ3v) is 4.45. The molecule has 0 radical (unpaired) electrons. The van der Waals surface area contributed by atoms with Gasteiger partial charge in [0.15, 0.2) is 6.10 Å². The van der Waals surface area contributed by atoms with Gasteiger partial charge < -0.3 is 15.0 Å². The summed E-state index contributed by atoms with van der Waals surface area (Å²) in [5.74, 6) is 0.660. The number of hydrogen-bond acceptors (Lipinski definition) is 3. The van der Waals surface area contributed by atoms with Crippen molar-refractivity contribution >= 4 is 23.2 Å². The van der Waals surface area contributed by atoms with Gasteiger partial charge in [-0.3, -0.25) is 9.59 Å². The number of aryl methyl sites for hydroxylation is 1. The summed E-state index contributed by atoms with van der Waals surface area (Å²) in [7, 11) is 0. The fourth-order valence-corrected chi connectivity index (χ4v) is 3.04. The van der Waals surface area contributed by atoms with Crippen molar-refractivity contribution in [2.75, 3.05) is 16.8 Å². The molecule has 1 saturated heterocycles. The van der Waals surface area contributed by atoms with Gasteiger partial charge in [0, 0.05) is 24.3 Å². The van der Waals surface area contributed by atoms with E-state index in [1.165, 1.54) is 0 Å². The average Bonchev–Trinajstić information content (AvgIpc) is 3.06. The van der Waals surface area contributed by atoms with Crippen LogP contribution < -0.4 is 15.0 Å². The lowest BCUT2D eigenvalue weighted by Gasteiger charge is -2.19. The first-order valence-electron chi connectivity index (χ1n) is 9.01. The minimum absolute atomic E-state index is 0.152. The van der Waals surface area contributed by atoms with E-state index in [1.54, 1.807) is 4.90 Å². The molecule has 1 fully saturated rings. The summed E-state index contributed by atoms with van der Waals surface area (Å²) >= 11 is 0. The number of amides is 2. The fraction of sp³-hybridized carbons (Fsp3) is 0.333. The molecule has 136 valence electrons. The molecule has 1 aliphatic heterocycles. The van der Waals surface area contributed by atoms with Crippen molar-refractivity contribution in [2.24, 2.45) is 0 Å². The number of benzene rings is 2. The summed E-state index contributed by atoms with van der Waals surface area (Å²) < 4.78 is 5.83. The molecule has 2 aromatic rings. The van der Waals surface area contributed by atoms with E-state index in [0.29, 0.717) is 24.3 Å². The highest BCUT2D eigenvalue weighted by Gasteiger charge is 2.22. The highest BCUT2D eigenvalue weighted by molar-refractivity contribution is 5.97. The molecule has 5 nitrogen and oxygen atoms in total. The van der Waals surface area contributed by atoms with Crippen molar-refractivity contribution in [2.45, 2.75) is 39.2 Å². The van der Waals surface area contributed by atoms with E-state index in [1.807, 2.05) is 62.4 Å². The zero-order chi connectivity index (χ0) is 18.5. The molecule has 1 unspecified atom stereocenters. The van der Waals surface area contributed by atoms with Crippen molar-refractivity contribution in [1.29, 1.82) is 0 Å². The lowest BCUT2D eigenvalue weighted by Crippen LogP contribution is -2.32. The van der Waals surface area contributed by atoms with Crippen LogP contribution in [0.1, 0.15) is 31.7 Å². The van der Waals surface area contributed by atoms with Crippen LogP contribution in [0.2, 0.25) is 0 Å². The molecule has 5 heteroatoms. The van der Waals surface area contributed by atoms with Gasteiger partial charge >= 0.3 is 0 Å². The summed E-state index contributed by atoms with van der Waals surface area (Å²) in [6, 6.07) is 15.0. The SMILES string of the molecule is CCC(Oc1cccc(C)c1)C(=O)Nc1ccc(N2CCCC2=O)cc1. The third kappa shape index (κ3) is 4.23. The first-order valence-corrected chi connectivity index (χ1v) is 9.01. The second kappa shape index (κ2) is 8.04. The number of nitrogens with one attached hydrogen (secondary N) is 1. The van der Waals surface area contributed by atoms with Gasteiger partial charge in [-0.2, -0.15) is 0 Å². The minimum Gasteiger partial charge on any atom is -0.481 e. The monoisotopic (exact) mass is 352 g/mol. The molecular weight excluding hydrogens is 328 g/mol. The van der Waals surface area contributed by atoms with E-state index < -0.39 is 6.10 Å². The van der Waals surface area contributed by atoms with Gasteiger partial charge in [-0.05, 0) is 61.7 Å². The Morgan fingerprint density at radius 3 is 2.62 bits per heavy atom. The Morgan fingerprint density at radius 2 is 2.00 bits per heavy atom. The molecular formula is C21H24N2O3.